The van der Waals surface area contributed by atoms with Crippen molar-refractivity contribution in [3.05, 3.63) is 0 Å². The molecule has 0 aromatic rings. The SMILES string of the molecule is CC1CN(C(=O)[C@H]2CCC(=O)N2)CCN1.Cl. The molecule has 0 bridgehead atoms. The molecular formula is C10H18ClN3O2. The van der Waals surface area contributed by atoms with E-state index in [1.54, 1.807) is 0 Å². The molecule has 2 saturated heterocycles. The summed E-state index contributed by atoms with van der Waals surface area (Å²) in [4.78, 5) is 24.8. The summed E-state index contributed by atoms with van der Waals surface area (Å²) in [6, 6.07) is 0.0719. The summed E-state index contributed by atoms with van der Waals surface area (Å²) in [6.45, 7) is 4.39. The molecule has 6 heteroatoms. The molecule has 0 aromatic carbocycles. The van der Waals surface area contributed by atoms with E-state index < -0.39 is 0 Å². The third-order valence-corrected chi connectivity index (χ3v) is 2.97. The molecule has 5 nitrogen and oxygen atoms in total. The first kappa shape index (κ1) is 13.3. The Morgan fingerprint density at radius 2 is 2.25 bits per heavy atom. The zero-order chi connectivity index (χ0) is 10.8. The van der Waals surface area contributed by atoms with Crippen LogP contribution >= 0.6 is 12.4 Å². The predicted molar refractivity (Wildman–Crippen MR) is 62.5 cm³/mol. The minimum Gasteiger partial charge on any atom is -0.344 e. The smallest absolute Gasteiger partial charge is 0.245 e. The molecule has 2 aliphatic rings. The van der Waals surface area contributed by atoms with Crippen LogP contribution in [-0.4, -0.2) is 48.4 Å². The summed E-state index contributed by atoms with van der Waals surface area (Å²) in [6.07, 6.45) is 1.13. The fourth-order valence-corrected chi connectivity index (χ4v) is 2.15. The number of nitrogens with zero attached hydrogens (tertiary/aromatic N) is 1. The molecule has 2 rings (SSSR count). The molecule has 1 unspecified atom stereocenters. The maximum atomic E-state index is 12.0. The van der Waals surface area contributed by atoms with Crippen LogP contribution in [0.25, 0.3) is 0 Å². The molecule has 92 valence electrons. The third-order valence-electron chi connectivity index (χ3n) is 2.97. The topological polar surface area (TPSA) is 61.4 Å². The molecule has 2 aliphatic heterocycles. The molecule has 16 heavy (non-hydrogen) atoms. The Bertz CT molecular complexity index is 285. The number of carbonyl (C=O) groups is 2. The second-order valence-electron chi connectivity index (χ2n) is 4.30. The van der Waals surface area contributed by atoms with Crippen molar-refractivity contribution in [2.24, 2.45) is 0 Å². The van der Waals surface area contributed by atoms with E-state index in [0.717, 1.165) is 19.6 Å². The van der Waals surface area contributed by atoms with Crippen molar-refractivity contribution in [2.45, 2.75) is 31.8 Å². The zero-order valence-electron chi connectivity index (χ0n) is 9.36. The number of amides is 2. The van der Waals surface area contributed by atoms with Gasteiger partial charge >= 0.3 is 0 Å². The minimum absolute atomic E-state index is 0. The van der Waals surface area contributed by atoms with E-state index in [0.29, 0.717) is 18.9 Å². The number of carbonyl (C=O) groups excluding carboxylic acids is 2. The molecule has 2 amide bonds. The highest BCUT2D eigenvalue weighted by Crippen LogP contribution is 2.11. The monoisotopic (exact) mass is 247 g/mol. The number of hydrogen-bond donors (Lipinski definition) is 2. The average Bonchev–Trinajstić information content (AvgIpc) is 2.64. The second kappa shape index (κ2) is 5.50. The van der Waals surface area contributed by atoms with E-state index >= 15 is 0 Å². The molecule has 2 heterocycles. The van der Waals surface area contributed by atoms with Gasteiger partial charge < -0.3 is 15.5 Å². The van der Waals surface area contributed by atoms with E-state index in [1.807, 2.05) is 4.90 Å². The fraction of sp³-hybridized carbons (Fsp3) is 0.800. The van der Waals surface area contributed by atoms with Gasteiger partial charge in [-0.2, -0.15) is 0 Å². The van der Waals surface area contributed by atoms with E-state index in [2.05, 4.69) is 17.6 Å². The highest BCUT2D eigenvalue weighted by Gasteiger charge is 2.32. The van der Waals surface area contributed by atoms with Crippen molar-refractivity contribution >= 4 is 24.2 Å². The van der Waals surface area contributed by atoms with Gasteiger partial charge in [0.25, 0.3) is 0 Å². The Morgan fingerprint density at radius 1 is 1.50 bits per heavy atom. The predicted octanol–water partition coefficient (Wildman–Crippen LogP) is -0.493. The van der Waals surface area contributed by atoms with Crippen LogP contribution in [0.5, 0.6) is 0 Å². The van der Waals surface area contributed by atoms with Crippen molar-refractivity contribution < 1.29 is 9.59 Å². The Kier molecular flexibility index (Phi) is 4.56. The van der Waals surface area contributed by atoms with Gasteiger partial charge in [0.1, 0.15) is 6.04 Å². The van der Waals surface area contributed by atoms with Gasteiger partial charge in [0.2, 0.25) is 11.8 Å². The Hall–Kier alpha value is -0.810. The minimum atomic E-state index is -0.275. The van der Waals surface area contributed by atoms with Gasteiger partial charge in [-0.1, -0.05) is 0 Å². The van der Waals surface area contributed by atoms with Crippen LogP contribution in [0.15, 0.2) is 0 Å². The number of piperazine rings is 1. The summed E-state index contributed by atoms with van der Waals surface area (Å²) >= 11 is 0. The zero-order valence-corrected chi connectivity index (χ0v) is 10.2. The van der Waals surface area contributed by atoms with Gasteiger partial charge in [0.15, 0.2) is 0 Å². The fourth-order valence-electron chi connectivity index (χ4n) is 2.15. The van der Waals surface area contributed by atoms with Gasteiger partial charge in [-0.15, -0.1) is 12.4 Å². The lowest BCUT2D eigenvalue weighted by atomic mass is 10.1. The first-order valence-corrected chi connectivity index (χ1v) is 5.48. The van der Waals surface area contributed by atoms with Gasteiger partial charge in [0.05, 0.1) is 0 Å². The molecule has 2 fully saturated rings. The normalized spacial score (nSPS) is 29.6. The Balaban J connectivity index is 0.00000128. The van der Waals surface area contributed by atoms with Gasteiger partial charge in [0, 0.05) is 32.1 Å². The van der Waals surface area contributed by atoms with Crippen LogP contribution in [0.1, 0.15) is 19.8 Å². The van der Waals surface area contributed by atoms with Crippen molar-refractivity contribution in [1.29, 1.82) is 0 Å². The van der Waals surface area contributed by atoms with Crippen molar-refractivity contribution in [3.63, 3.8) is 0 Å². The maximum Gasteiger partial charge on any atom is 0.245 e. The van der Waals surface area contributed by atoms with Gasteiger partial charge in [-0.05, 0) is 13.3 Å². The van der Waals surface area contributed by atoms with Crippen molar-refractivity contribution in [2.75, 3.05) is 19.6 Å². The lowest BCUT2D eigenvalue weighted by molar-refractivity contribution is -0.135. The highest BCUT2D eigenvalue weighted by molar-refractivity contribution is 5.90. The lowest BCUT2D eigenvalue weighted by Gasteiger charge is -2.33. The highest BCUT2D eigenvalue weighted by atomic mass is 35.5. The third kappa shape index (κ3) is 2.86. The molecule has 2 N–H and O–H groups in total. The average molecular weight is 248 g/mol. The van der Waals surface area contributed by atoms with E-state index in [9.17, 15) is 9.59 Å². The molecule has 0 aromatic heterocycles. The van der Waals surface area contributed by atoms with E-state index in [1.165, 1.54) is 0 Å². The van der Waals surface area contributed by atoms with Crippen LogP contribution in [0.2, 0.25) is 0 Å². The van der Waals surface area contributed by atoms with Gasteiger partial charge in [-0.3, -0.25) is 9.59 Å². The maximum absolute atomic E-state index is 12.0. The number of rotatable bonds is 1. The van der Waals surface area contributed by atoms with Gasteiger partial charge in [-0.25, -0.2) is 0 Å². The quantitative estimate of drug-likeness (QED) is 0.657. The summed E-state index contributed by atoms with van der Waals surface area (Å²) in [5.74, 6) is 0.0748. The molecule has 2 atom stereocenters. The molecular weight excluding hydrogens is 230 g/mol. The van der Waals surface area contributed by atoms with E-state index in [4.69, 9.17) is 0 Å². The molecule has 0 radical (unpaired) electrons. The summed E-state index contributed by atoms with van der Waals surface area (Å²) in [7, 11) is 0. The van der Waals surface area contributed by atoms with Crippen molar-refractivity contribution in [1.82, 2.24) is 15.5 Å². The standard InChI is InChI=1S/C10H17N3O2.ClH/c1-7-6-13(5-4-11-7)10(15)8-2-3-9(14)12-8;/h7-8,11H,2-6H2,1H3,(H,12,14);1H/t7?,8-;/m1./s1. The summed E-state index contributed by atoms with van der Waals surface area (Å²) < 4.78 is 0. The molecule has 0 aliphatic carbocycles. The first-order chi connectivity index (χ1) is 7.16. The molecule has 0 saturated carbocycles. The van der Waals surface area contributed by atoms with Crippen LogP contribution in [0.4, 0.5) is 0 Å². The molecule has 0 spiro atoms. The summed E-state index contributed by atoms with van der Waals surface area (Å²) in [5.41, 5.74) is 0. The Labute approximate surface area is 101 Å². The van der Waals surface area contributed by atoms with E-state index in [-0.39, 0.29) is 30.3 Å². The van der Waals surface area contributed by atoms with Crippen LogP contribution < -0.4 is 10.6 Å². The van der Waals surface area contributed by atoms with Crippen LogP contribution in [0, 0.1) is 0 Å². The van der Waals surface area contributed by atoms with Crippen LogP contribution in [0.3, 0.4) is 0 Å². The largest absolute Gasteiger partial charge is 0.344 e. The Morgan fingerprint density at radius 3 is 2.81 bits per heavy atom. The first-order valence-electron chi connectivity index (χ1n) is 5.48. The lowest BCUT2D eigenvalue weighted by Crippen LogP contribution is -2.55. The van der Waals surface area contributed by atoms with Crippen LogP contribution in [-0.2, 0) is 9.59 Å². The van der Waals surface area contributed by atoms with Crippen molar-refractivity contribution in [3.8, 4) is 0 Å². The summed E-state index contributed by atoms with van der Waals surface area (Å²) in [5, 5.41) is 6.00. The second-order valence-corrected chi connectivity index (χ2v) is 4.30. The number of halogens is 1. The number of nitrogens with one attached hydrogen (secondary N) is 2. The number of hydrogen-bond acceptors (Lipinski definition) is 3.